The largest absolute Gasteiger partial charge is 0.493 e. The smallest absolute Gasteiger partial charge is 0.149 e. The SMILES string of the molecule is CCOc1cc(N(CC)CC)ccc1C=C(C#N)c1nc2ccc(C)cc2[nH]1.Cl. The van der Waals surface area contributed by atoms with Crippen LogP contribution in [-0.2, 0) is 0 Å². The topological polar surface area (TPSA) is 64.9 Å². The molecule has 2 aromatic carbocycles. The molecule has 1 N–H and O–H groups in total. The minimum Gasteiger partial charge on any atom is -0.493 e. The average molecular weight is 411 g/mol. The summed E-state index contributed by atoms with van der Waals surface area (Å²) < 4.78 is 5.86. The molecule has 0 unspecified atom stereocenters. The van der Waals surface area contributed by atoms with E-state index in [2.05, 4.69) is 40.9 Å². The summed E-state index contributed by atoms with van der Waals surface area (Å²) in [7, 11) is 0. The molecule has 152 valence electrons. The number of allylic oxidation sites excluding steroid dienone is 1. The molecule has 0 aliphatic carbocycles. The van der Waals surface area contributed by atoms with E-state index in [1.807, 2.05) is 50.3 Å². The Kier molecular flexibility index (Phi) is 7.69. The number of nitriles is 1. The minimum atomic E-state index is 0. The first-order valence-corrected chi connectivity index (χ1v) is 9.69. The molecule has 0 aliphatic rings. The van der Waals surface area contributed by atoms with Gasteiger partial charge in [-0.05, 0) is 63.6 Å². The number of nitrogens with zero attached hydrogens (tertiary/aromatic N) is 3. The van der Waals surface area contributed by atoms with Gasteiger partial charge >= 0.3 is 0 Å². The molecule has 0 spiro atoms. The predicted octanol–water partition coefficient (Wildman–Crippen LogP) is 5.60. The second kappa shape index (κ2) is 9.99. The number of hydrogen-bond donors (Lipinski definition) is 1. The highest BCUT2D eigenvalue weighted by Crippen LogP contribution is 2.29. The first-order valence-electron chi connectivity index (χ1n) is 9.69. The van der Waals surface area contributed by atoms with Crippen LogP contribution in [0.4, 0.5) is 5.69 Å². The molecule has 29 heavy (non-hydrogen) atoms. The van der Waals surface area contributed by atoms with Crippen molar-refractivity contribution in [3.8, 4) is 11.8 Å². The van der Waals surface area contributed by atoms with Gasteiger partial charge in [0.1, 0.15) is 17.6 Å². The third kappa shape index (κ3) is 4.90. The number of H-pyrrole nitrogens is 1. The van der Waals surface area contributed by atoms with Crippen LogP contribution in [-0.4, -0.2) is 29.7 Å². The van der Waals surface area contributed by atoms with Crippen LogP contribution in [0.3, 0.4) is 0 Å². The van der Waals surface area contributed by atoms with Gasteiger partial charge in [0, 0.05) is 30.4 Å². The summed E-state index contributed by atoms with van der Waals surface area (Å²) in [5, 5.41) is 9.73. The van der Waals surface area contributed by atoms with Crippen LogP contribution in [0.25, 0.3) is 22.7 Å². The van der Waals surface area contributed by atoms with Gasteiger partial charge in [-0.1, -0.05) is 6.07 Å². The van der Waals surface area contributed by atoms with Gasteiger partial charge in [-0.2, -0.15) is 5.26 Å². The van der Waals surface area contributed by atoms with Crippen molar-refractivity contribution in [1.29, 1.82) is 5.26 Å². The first kappa shape index (κ1) is 22.3. The molecular weight excluding hydrogens is 384 g/mol. The Bertz CT molecular complexity index is 1040. The van der Waals surface area contributed by atoms with Crippen molar-refractivity contribution in [2.45, 2.75) is 27.7 Å². The van der Waals surface area contributed by atoms with Crippen molar-refractivity contribution in [2.24, 2.45) is 0 Å². The lowest BCUT2D eigenvalue weighted by atomic mass is 10.1. The van der Waals surface area contributed by atoms with Gasteiger partial charge < -0.3 is 14.6 Å². The molecule has 0 saturated heterocycles. The fraction of sp³-hybridized carbons (Fsp3) is 0.304. The minimum absolute atomic E-state index is 0. The van der Waals surface area contributed by atoms with Gasteiger partial charge in [-0.15, -0.1) is 12.4 Å². The van der Waals surface area contributed by atoms with Crippen molar-refractivity contribution in [3.05, 3.63) is 53.3 Å². The molecule has 0 saturated carbocycles. The Labute approximate surface area is 178 Å². The Hall–Kier alpha value is -2.97. The van der Waals surface area contributed by atoms with Gasteiger partial charge in [0.25, 0.3) is 0 Å². The zero-order chi connectivity index (χ0) is 20.1. The maximum Gasteiger partial charge on any atom is 0.149 e. The van der Waals surface area contributed by atoms with Gasteiger partial charge in [-0.25, -0.2) is 4.98 Å². The molecule has 0 amide bonds. The number of hydrogen-bond acceptors (Lipinski definition) is 4. The maximum atomic E-state index is 9.73. The summed E-state index contributed by atoms with van der Waals surface area (Å²) in [6, 6.07) is 14.4. The number of rotatable bonds is 7. The van der Waals surface area contributed by atoms with E-state index in [4.69, 9.17) is 4.74 Å². The summed E-state index contributed by atoms with van der Waals surface area (Å²) in [5.41, 5.74) is 5.39. The summed E-state index contributed by atoms with van der Waals surface area (Å²) in [6.45, 7) is 10.7. The first-order chi connectivity index (χ1) is 13.6. The lowest BCUT2D eigenvalue weighted by Gasteiger charge is -2.22. The van der Waals surface area contributed by atoms with E-state index < -0.39 is 0 Å². The second-order valence-corrected chi connectivity index (χ2v) is 6.60. The number of fused-ring (bicyclic) bond motifs is 1. The van der Waals surface area contributed by atoms with E-state index in [1.165, 1.54) is 0 Å². The van der Waals surface area contributed by atoms with Crippen LogP contribution in [0.2, 0.25) is 0 Å². The molecule has 0 radical (unpaired) electrons. The standard InChI is InChI=1S/C23H26N4O.ClH/c1-5-27(6-2)19-10-9-17(22(14-19)28-7-3)13-18(15-24)23-25-20-11-8-16(4)12-21(20)26-23;/h8-14H,5-7H2,1-4H3,(H,25,26);1H. The lowest BCUT2D eigenvalue weighted by molar-refractivity contribution is 0.339. The van der Waals surface area contributed by atoms with Gasteiger partial charge in [-0.3, -0.25) is 0 Å². The number of aromatic nitrogens is 2. The van der Waals surface area contributed by atoms with Crippen molar-refractivity contribution < 1.29 is 4.74 Å². The average Bonchev–Trinajstić information content (AvgIpc) is 3.11. The quantitative estimate of drug-likeness (QED) is 0.514. The number of ether oxygens (including phenoxy) is 1. The van der Waals surface area contributed by atoms with Crippen LogP contribution in [0.5, 0.6) is 5.75 Å². The molecular formula is C23H27ClN4O. The molecule has 5 nitrogen and oxygen atoms in total. The molecule has 0 aliphatic heterocycles. The fourth-order valence-corrected chi connectivity index (χ4v) is 3.27. The van der Waals surface area contributed by atoms with Crippen LogP contribution >= 0.6 is 12.4 Å². The Balaban J connectivity index is 0.00000300. The Morgan fingerprint density at radius 2 is 1.93 bits per heavy atom. The van der Waals surface area contributed by atoms with Gasteiger partial charge in [0.15, 0.2) is 0 Å². The zero-order valence-electron chi connectivity index (χ0n) is 17.3. The number of aromatic amines is 1. The lowest BCUT2D eigenvalue weighted by Crippen LogP contribution is -2.21. The van der Waals surface area contributed by atoms with Gasteiger partial charge in [0.2, 0.25) is 0 Å². The molecule has 3 rings (SSSR count). The summed E-state index contributed by atoms with van der Waals surface area (Å²) in [4.78, 5) is 10.1. The van der Waals surface area contributed by atoms with Crippen molar-refractivity contribution >= 4 is 40.8 Å². The number of aryl methyl sites for hydroxylation is 1. The second-order valence-electron chi connectivity index (χ2n) is 6.60. The summed E-state index contributed by atoms with van der Waals surface area (Å²) in [6.07, 6.45) is 1.83. The predicted molar refractivity (Wildman–Crippen MR) is 123 cm³/mol. The van der Waals surface area contributed by atoms with E-state index >= 15 is 0 Å². The molecule has 6 heteroatoms. The highest BCUT2D eigenvalue weighted by atomic mass is 35.5. The van der Waals surface area contributed by atoms with E-state index in [0.717, 1.165) is 46.7 Å². The molecule has 0 bridgehead atoms. The van der Waals surface area contributed by atoms with Crippen LogP contribution < -0.4 is 9.64 Å². The summed E-state index contributed by atoms with van der Waals surface area (Å²) >= 11 is 0. The van der Waals surface area contributed by atoms with Gasteiger partial charge in [0.05, 0.1) is 23.2 Å². The molecule has 0 atom stereocenters. The molecule has 0 fully saturated rings. The monoisotopic (exact) mass is 410 g/mol. The Morgan fingerprint density at radius 1 is 1.17 bits per heavy atom. The van der Waals surface area contributed by atoms with E-state index in [-0.39, 0.29) is 12.4 Å². The molecule has 1 heterocycles. The fourth-order valence-electron chi connectivity index (χ4n) is 3.27. The third-order valence-electron chi connectivity index (χ3n) is 4.74. The van der Waals surface area contributed by atoms with Crippen LogP contribution in [0, 0.1) is 18.3 Å². The maximum absolute atomic E-state index is 9.73. The number of anilines is 1. The zero-order valence-corrected chi connectivity index (χ0v) is 18.1. The van der Waals surface area contributed by atoms with Crippen molar-refractivity contribution in [2.75, 3.05) is 24.6 Å². The number of halogens is 1. The molecule has 1 aromatic heterocycles. The highest BCUT2D eigenvalue weighted by Gasteiger charge is 2.12. The number of imidazole rings is 1. The van der Waals surface area contributed by atoms with Crippen LogP contribution in [0.15, 0.2) is 36.4 Å². The molecule has 3 aromatic rings. The van der Waals surface area contributed by atoms with E-state index in [1.54, 1.807) is 0 Å². The van der Waals surface area contributed by atoms with E-state index in [0.29, 0.717) is 18.0 Å². The van der Waals surface area contributed by atoms with Crippen molar-refractivity contribution in [3.63, 3.8) is 0 Å². The normalized spacial score (nSPS) is 11.1. The van der Waals surface area contributed by atoms with Crippen LogP contribution in [0.1, 0.15) is 37.7 Å². The third-order valence-corrected chi connectivity index (χ3v) is 4.74. The number of benzene rings is 2. The number of nitrogens with one attached hydrogen (secondary N) is 1. The highest BCUT2D eigenvalue weighted by molar-refractivity contribution is 5.91. The Morgan fingerprint density at radius 3 is 2.59 bits per heavy atom. The van der Waals surface area contributed by atoms with Crippen molar-refractivity contribution in [1.82, 2.24) is 9.97 Å². The van der Waals surface area contributed by atoms with E-state index in [9.17, 15) is 5.26 Å². The summed E-state index contributed by atoms with van der Waals surface area (Å²) in [5.74, 6) is 1.34.